The normalized spacial score (nSPS) is 26.7. The number of ketones is 1. The highest BCUT2D eigenvalue weighted by molar-refractivity contribution is 7.89. The Morgan fingerprint density at radius 2 is 2.19 bits per heavy atom. The van der Waals surface area contributed by atoms with Crippen LogP contribution in [0, 0.1) is 16.7 Å². The maximum absolute atomic E-state index is 12.7. The van der Waals surface area contributed by atoms with E-state index in [1.807, 2.05) is 29.1 Å². The van der Waals surface area contributed by atoms with Gasteiger partial charge in [-0.25, -0.2) is 13.1 Å². The Morgan fingerprint density at radius 1 is 1.37 bits per heavy atom. The lowest BCUT2D eigenvalue weighted by molar-refractivity contribution is -0.128. The fraction of sp³-hybridized carbons (Fsp3) is 0.579. The second kappa shape index (κ2) is 6.53. The smallest absolute Gasteiger partial charge is 0.212 e. The third-order valence-corrected chi connectivity index (χ3v) is 8.90. The summed E-state index contributed by atoms with van der Waals surface area (Å²) >= 11 is 1.62. The third-order valence-electron chi connectivity index (χ3n) is 6.70. The van der Waals surface area contributed by atoms with E-state index in [2.05, 4.69) is 23.7 Å². The Kier molecular flexibility index (Phi) is 4.56. The number of nitrogens with one attached hydrogen (secondary N) is 1. The van der Waals surface area contributed by atoms with Gasteiger partial charge >= 0.3 is 0 Å². The van der Waals surface area contributed by atoms with Gasteiger partial charge in [0, 0.05) is 35.5 Å². The van der Waals surface area contributed by atoms with Crippen molar-refractivity contribution < 1.29 is 13.2 Å². The minimum absolute atomic E-state index is 0.0956. The van der Waals surface area contributed by atoms with Gasteiger partial charge in [-0.1, -0.05) is 13.8 Å². The van der Waals surface area contributed by atoms with Crippen molar-refractivity contribution >= 4 is 27.1 Å². The van der Waals surface area contributed by atoms with E-state index in [0.29, 0.717) is 25.3 Å². The summed E-state index contributed by atoms with van der Waals surface area (Å²) in [6, 6.07) is 3.93. The fourth-order valence-electron chi connectivity index (χ4n) is 4.85. The number of fused-ring (bicyclic) bond motifs is 2. The second-order valence-corrected chi connectivity index (χ2v) is 10.9. The van der Waals surface area contributed by atoms with Crippen LogP contribution in [-0.2, 0) is 21.4 Å². The average Bonchev–Trinajstić information content (AvgIpc) is 3.33. The molecular formula is C19H25N3O3S2. The van der Waals surface area contributed by atoms with Crippen molar-refractivity contribution in [3.8, 4) is 11.3 Å². The number of aromatic nitrogens is 2. The van der Waals surface area contributed by atoms with E-state index < -0.39 is 15.4 Å². The lowest BCUT2D eigenvalue weighted by Crippen LogP contribution is -2.45. The van der Waals surface area contributed by atoms with Crippen LogP contribution in [0.25, 0.3) is 11.3 Å². The zero-order chi connectivity index (χ0) is 19.3. The lowest BCUT2D eigenvalue weighted by atomic mass is 9.70. The zero-order valence-corrected chi connectivity index (χ0v) is 17.3. The Labute approximate surface area is 164 Å². The van der Waals surface area contributed by atoms with Crippen LogP contribution in [0.3, 0.4) is 0 Å². The van der Waals surface area contributed by atoms with Crippen LogP contribution in [0.4, 0.5) is 0 Å². The van der Waals surface area contributed by atoms with Crippen molar-refractivity contribution in [2.75, 3.05) is 12.3 Å². The van der Waals surface area contributed by atoms with Gasteiger partial charge in [-0.3, -0.25) is 9.48 Å². The van der Waals surface area contributed by atoms with Gasteiger partial charge in [0.1, 0.15) is 5.78 Å². The number of Topliss-reactive ketones (excluding diaryl/α,β-unsaturated/α-hetero) is 1. The SMILES string of the molecule is CC1(C)C2CCC1(CS(=O)(=O)NCCn1ccc(-c3ccsc3)n1)C(=O)C2. The summed E-state index contributed by atoms with van der Waals surface area (Å²) in [5.74, 6) is 0.350. The summed E-state index contributed by atoms with van der Waals surface area (Å²) in [4.78, 5) is 12.6. The fourth-order valence-corrected chi connectivity index (χ4v) is 7.33. The number of thiophene rings is 1. The summed E-state index contributed by atoms with van der Waals surface area (Å²) < 4.78 is 29.8. The minimum Gasteiger partial charge on any atom is -0.299 e. The van der Waals surface area contributed by atoms with Gasteiger partial charge in [0.15, 0.2) is 0 Å². The van der Waals surface area contributed by atoms with Gasteiger partial charge < -0.3 is 0 Å². The molecule has 2 bridgehead atoms. The van der Waals surface area contributed by atoms with Crippen molar-refractivity contribution in [2.45, 2.75) is 39.7 Å². The number of sulfonamides is 1. The Morgan fingerprint density at radius 3 is 2.81 bits per heavy atom. The van der Waals surface area contributed by atoms with Crippen LogP contribution < -0.4 is 4.72 Å². The number of hydrogen-bond acceptors (Lipinski definition) is 5. The van der Waals surface area contributed by atoms with E-state index in [-0.39, 0.29) is 23.5 Å². The third kappa shape index (κ3) is 3.17. The molecule has 0 spiro atoms. The highest BCUT2D eigenvalue weighted by Gasteiger charge is 2.65. The minimum atomic E-state index is -3.53. The molecule has 1 N–H and O–H groups in total. The van der Waals surface area contributed by atoms with E-state index >= 15 is 0 Å². The molecule has 2 aromatic heterocycles. The molecule has 2 aromatic rings. The van der Waals surface area contributed by atoms with Crippen molar-refractivity contribution in [3.63, 3.8) is 0 Å². The molecule has 0 radical (unpaired) electrons. The van der Waals surface area contributed by atoms with E-state index in [1.54, 1.807) is 16.0 Å². The number of carbonyl (C=O) groups is 1. The van der Waals surface area contributed by atoms with Crippen LogP contribution in [0.2, 0.25) is 0 Å². The number of carbonyl (C=O) groups excluding carboxylic acids is 1. The van der Waals surface area contributed by atoms with Crippen LogP contribution in [0.5, 0.6) is 0 Å². The topological polar surface area (TPSA) is 81.1 Å². The highest BCUT2D eigenvalue weighted by atomic mass is 32.2. The van der Waals surface area contributed by atoms with Gasteiger partial charge in [-0.05, 0) is 41.7 Å². The van der Waals surface area contributed by atoms with Crippen molar-refractivity contribution in [1.29, 1.82) is 0 Å². The maximum Gasteiger partial charge on any atom is 0.212 e. The molecule has 27 heavy (non-hydrogen) atoms. The molecule has 2 fully saturated rings. The largest absolute Gasteiger partial charge is 0.299 e. The molecule has 4 rings (SSSR count). The van der Waals surface area contributed by atoms with Crippen LogP contribution in [0.15, 0.2) is 29.1 Å². The number of hydrogen-bond donors (Lipinski definition) is 1. The van der Waals surface area contributed by atoms with Crippen LogP contribution in [-0.4, -0.2) is 36.3 Å². The molecule has 146 valence electrons. The quantitative estimate of drug-likeness (QED) is 0.765. The number of nitrogens with zero attached hydrogens (tertiary/aromatic N) is 2. The molecule has 2 heterocycles. The summed E-state index contributed by atoms with van der Waals surface area (Å²) in [6.45, 7) is 4.83. The first-order chi connectivity index (χ1) is 12.7. The molecule has 8 heteroatoms. The van der Waals surface area contributed by atoms with Crippen LogP contribution in [0.1, 0.15) is 33.1 Å². The van der Waals surface area contributed by atoms with Crippen molar-refractivity contribution in [1.82, 2.24) is 14.5 Å². The zero-order valence-electron chi connectivity index (χ0n) is 15.6. The second-order valence-electron chi connectivity index (χ2n) is 8.30. The first kappa shape index (κ1) is 18.8. The summed E-state index contributed by atoms with van der Waals surface area (Å²) in [5, 5.41) is 8.51. The predicted octanol–water partition coefficient (Wildman–Crippen LogP) is 2.93. The van der Waals surface area contributed by atoms with Gasteiger partial charge in [0.25, 0.3) is 0 Å². The van der Waals surface area contributed by atoms with Crippen molar-refractivity contribution in [3.05, 3.63) is 29.1 Å². The molecule has 2 aliphatic carbocycles. The first-order valence-corrected chi connectivity index (χ1v) is 11.9. The van der Waals surface area contributed by atoms with Gasteiger partial charge in [-0.15, -0.1) is 0 Å². The highest BCUT2D eigenvalue weighted by Crippen LogP contribution is 2.64. The molecule has 2 atom stereocenters. The molecule has 6 nitrogen and oxygen atoms in total. The summed E-state index contributed by atoms with van der Waals surface area (Å²) in [7, 11) is -3.53. The van der Waals surface area contributed by atoms with E-state index in [9.17, 15) is 13.2 Å². The molecule has 2 aliphatic rings. The lowest BCUT2D eigenvalue weighted by Gasteiger charge is -2.36. The predicted molar refractivity (Wildman–Crippen MR) is 106 cm³/mol. The van der Waals surface area contributed by atoms with E-state index in [4.69, 9.17) is 0 Å². The molecule has 2 saturated carbocycles. The molecule has 0 aromatic carbocycles. The molecule has 0 saturated heterocycles. The number of rotatable bonds is 7. The monoisotopic (exact) mass is 407 g/mol. The van der Waals surface area contributed by atoms with Crippen molar-refractivity contribution in [2.24, 2.45) is 16.7 Å². The van der Waals surface area contributed by atoms with Gasteiger partial charge in [0.2, 0.25) is 10.0 Å². The molecular weight excluding hydrogens is 382 g/mol. The van der Waals surface area contributed by atoms with E-state index in [1.165, 1.54) is 0 Å². The van der Waals surface area contributed by atoms with Gasteiger partial charge in [0.05, 0.1) is 18.0 Å². The van der Waals surface area contributed by atoms with Gasteiger partial charge in [-0.2, -0.15) is 16.4 Å². The molecule has 0 aliphatic heterocycles. The standard InChI is InChI=1S/C19H25N3O3S2/c1-18(2)15-3-6-19(18,17(23)11-15)13-27(24,25)20-7-9-22-8-4-16(21-22)14-5-10-26-12-14/h4-5,8,10,12,15,20H,3,6-7,9,11,13H2,1-2H3. The summed E-state index contributed by atoms with van der Waals surface area (Å²) in [6.07, 6.45) is 4.02. The summed E-state index contributed by atoms with van der Waals surface area (Å²) in [5.41, 5.74) is 0.988. The first-order valence-electron chi connectivity index (χ1n) is 9.30. The van der Waals surface area contributed by atoms with E-state index in [0.717, 1.165) is 17.7 Å². The molecule has 0 amide bonds. The maximum atomic E-state index is 12.7. The average molecular weight is 408 g/mol. The Balaban J connectivity index is 1.38. The molecule has 2 unspecified atom stereocenters. The Hall–Kier alpha value is -1.51. The Bertz CT molecular complexity index is 947. The van der Waals surface area contributed by atoms with Crippen LogP contribution >= 0.6 is 11.3 Å².